The van der Waals surface area contributed by atoms with E-state index in [1.807, 2.05) is 0 Å². The van der Waals surface area contributed by atoms with Crippen LogP contribution in [0.25, 0.3) is 0 Å². The third kappa shape index (κ3) is 2.93. The first-order valence-corrected chi connectivity index (χ1v) is 8.99. The quantitative estimate of drug-likeness (QED) is 0.785. The van der Waals surface area contributed by atoms with Crippen LogP contribution in [0.5, 0.6) is 0 Å². The van der Waals surface area contributed by atoms with E-state index in [2.05, 4.69) is 27.3 Å². The summed E-state index contributed by atoms with van der Waals surface area (Å²) in [6, 6.07) is 6.75. The molecular formula is C19H24FN3O2. The zero-order valence-electron chi connectivity index (χ0n) is 14.5. The maximum atomic E-state index is 13.4. The van der Waals surface area contributed by atoms with Crippen LogP contribution < -0.4 is 0 Å². The summed E-state index contributed by atoms with van der Waals surface area (Å²) < 4.78 is 18.8. The van der Waals surface area contributed by atoms with Crippen LogP contribution in [0.3, 0.4) is 0 Å². The van der Waals surface area contributed by atoms with Crippen molar-refractivity contribution in [2.75, 3.05) is 20.3 Å². The van der Waals surface area contributed by atoms with E-state index in [0.29, 0.717) is 12.6 Å². The number of nitrogens with zero attached hydrogens (tertiary/aromatic N) is 3. The number of ether oxygens (including phenoxy) is 1. The molecule has 1 spiro atoms. The van der Waals surface area contributed by atoms with Gasteiger partial charge in [-0.05, 0) is 56.0 Å². The molecule has 25 heavy (non-hydrogen) atoms. The molecule has 2 aliphatic heterocycles. The standard InChI is InChI=1S/C19H24FN3O2/c1-24-14-17-6-5-13-22(17)23-18(15-7-9-16(20)10-8-15)21-25-19(23)11-3-2-4-12-19/h3,7-11,17H,2,4-6,12-14H2,1H3/t17-,19-/m0/s1. The zero-order chi connectivity index (χ0) is 17.3. The topological polar surface area (TPSA) is 37.3 Å². The second kappa shape index (κ2) is 6.77. The van der Waals surface area contributed by atoms with Crippen molar-refractivity contribution in [1.29, 1.82) is 0 Å². The summed E-state index contributed by atoms with van der Waals surface area (Å²) in [5, 5.41) is 8.93. The lowest BCUT2D eigenvalue weighted by Gasteiger charge is -2.44. The molecule has 1 aromatic rings. The highest BCUT2D eigenvalue weighted by Crippen LogP contribution is 2.39. The van der Waals surface area contributed by atoms with Gasteiger partial charge in [0.2, 0.25) is 5.72 Å². The minimum absolute atomic E-state index is 0.250. The molecule has 1 aliphatic carbocycles. The van der Waals surface area contributed by atoms with Gasteiger partial charge in [0.15, 0.2) is 5.84 Å². The van der Waals surface area contributed by atoms with E-state index < -0.39 is 5.72 Å². The molecule has 0 N–H and O–H groups in total. The number of benzene rings is 1. The average Bonchev–Trinajstić information content (AvgIpc) is 3.21. The molecule has 1 aromatic carbocycles. The second-order valence-electron chi connectivity index (χ2n) is 6.88. The Morgan fingerprint density at radius 1 is 1.32 bits per heavy atom. The number of halogens is 1. The molecule has 3 aliphatic rings. The molecule has 0 unspecified atom stereocenters. The Bertz CT molecular complexity index is 676. The minimum atomic E-state index is -0.571. The van der Waals surface area contributed by atoms with Crippen LogP contribution in [0.4, 0.5) is 4.39 Å². The normalized spacial score (nSPS) is 29.3. The summed E-state index contributed by atoms with van der Waals surface area (Å²) >= 11 is 0. The van der Waals surface area contributed by atoms with E-state index >= 15 is 0 Å². The number of methoxy groups -OCH3 is 1. The van der Waals surface area contributed by atoms with Crippen molar-refractivity contribution < 1.29 is 14.0 Å². The number of rotatable bonds is 4. The lowest BCUT2D eigenvalue weighted by molar-refractivity contribution is -0.160. The van der Waals surface area contributed by atoms with Gasteiger partial charge in [0.25, 0.3) is 0 Å². The Labute approximate surface area is 147 Å². The van der Waals surface area contributed by atoms with Crippen LogP contribution in [0.15, 0.2) is 41.6 Å². The SMILES string of the molecule is COC[C@@H]1CCCN1N1C(c2ccc(F)cc2)=NO[C@]12C=CCCC2. The van der Waals surface area contributed by atoms with Crippen LogP contribution in [0.2, 0.25) is 0 Å². The molecule has 0 saturated carbocycles. The molecule has 1 fully saturated rings. The van der Waals surface area contributed by atoms with Crippen LogP contribution in [0.1, 0.15) is 37.7 Å². The van der Waals surface area contributed by atoms with Crippen molar-refractivity contribution in [3.63, 3.8) is 0 Å². The van der Waals surface area contributed by atoms with Crippen LogP contribution in [0, 0.1) is 5.82 Å². The lowest BCUT2D eigenvalue weighted by atomic mass is 9.97. The number of hydrogen-bond acceptors (Lipinski definition) is 5. The van der Waals surface area contributed by atoms with Gasteiger partial charge in [-0.1, -0.05) is 11.2 Å². The second-order valence-corrected chi connectivity index (χ2v) is 6.88. The molecule has 0 radical (unpaired) electrons. The molecule has 134 valence electrons. The Morgan fingerprint density at radius 2 is 2.16 bits per heavy atom. The van der Waals surface area contributed by atoms with Crippen LogP contribution in [-0.4, -0.2) is 47.9 Å². The maximum absolute atomic E-state index is 13.4. The fraction of sp³-hybridized carbons (Fsp3) is 0.526. The Morgan fingerprint density at radius 3 is 2.88 bits per heavy atom. The fourth-order valence-corrected chi connectivity index (χ4v) is 4.01. The van der Waals surface area contributed by atoms with E-state index in [1.165, 1.54) is 12.1 Å². The van der Waals surface area contributed by atoms with Crippen LogP contribution >= 0.6 is 0 Å². The molecule has 0 aromatic heterocycles. The Hall–Kier alpha value is -1.92. The number of hydrogen-bond donors (Lipinski definition) is 0. The van der Waals surface area contributed by atoms with Gasteiger partial charge in [0.1, 0.15) is 5.82 Å². The van der Waals surface area contributed by atoms with Crippen molar-refractivity contribution in [3.8, 4) is 0 Å². The summed E-state index contributed by atoms with van der Waals surface area (Å²) in [7, 11) is 1.74. The fourth-order valence-electron chi connectivity index (χ4n) is 4.01. The molecule has 1 saturated heterocycles. The summed E-state index contributed by atoms with van der Waals surface area (Å²) in [4.78, 5) is 5.98. The molecular weight excluding hydrogens is 321 g/mol. The summed E-state index contributed by atoms with van der Waals surface area (Å²) in [5.74, 6) is 0.495. The van der Waals surface area contributed by atoms with E-state index in [9.17, 15) is 4.39 Å². The first kappa shape index (κ1) is 16.5. The predicted molar refractivity (Wildman–Crippen MR) is 93.2 cm³/mol. The van der Waals surface area contributed by atoms with Gasteiger partial charge in [-0.2, -0.15) is 0 Å². The van der Waals surface area contributed by atoms with E-state index in [4.69, 9.17) is 9.57 Å². The summed E-state index contributed by atoms with van der Waals surface area (Å²) in [5.41, 5.74) is 0.290. The third-order valence-electron chi connectivity index (χ3n) is 5.20. The van der Waals surface area contributed by atoms with Crippen molar-refractivity contribution in [2.45, 2.75) is 43.9 Å². The first-order valence-electron chi connectivity index (χ1n) is 8.99. The van der Waals surface area contributed by atoms with Crippen molar-refractivity contribution in [1.82, 2.24) is 10.0 Å². The van der Waals surface area contributed by atoms with E-state index in [-0.39, 0.29) is 5.82 Å². The highest BCUT2D eigenvalue weighted by Gasteiger charge is 2.50. The number of amidine groups is 1. The van der Waals surface area contributed by atoms with Crippen molar-refractivity contribution in [2.24, 2.45) is 5.16 Å². The molecule has 4 rings (SSSR count). The van der Waals surface area contributed by atoms with E-state index in [0.717, 1.165) is 50.0 Å². The highest BCUT2D eigenvalue weighted by molar-refractivity contribution is 5.99. The predicted octanol–water partition coefficient (Wildman–Crippen LogP) is 3.28. The van der Waals surface area contributed by atoms with Gasteiger partial charge in [0.05, 0.1) is 12.6 Å². The smallest absolute Gasteiger partial charge is 0.243 e. The van der Waals surface area contributed by atoms with Crippen molar-refractivity contribution in [3.05, 3.63) is 47.8 Å². The largest absolute Gasteiger partial charge is 0.383 e. The average molecular weight is 345 g/mol. The van der Waals surface area contributed by atoms with Gasteiger partial charge in [-0.3, -0.25) is 0 Å². The van der Waals surface area contributed by atoms with Crippen molar-refractivity contribution >= 4 is 5.84 Å². The number of hydrazine groups is 1. The van der Waals surface area contributed by atoms with Gasteiger partial charge in [-0.25, -0.2) is 14.4 Å². The lowest BCUT2D eigenvalue weighted by Crippen LogP contribution is -2.59. The van der Waals surface area contributed by atoms with E-state index in [1.54, 1.807) is 19.2 Å². The van der Waals surface area contributed by atoms with Gasteiger partial charge in [0, 0.05) is 25.6 Å². The third-order valence-corrected chi connectivity index (χ3v) is 5.20. The minimum Gasteiger partial charge on any atom is -0.383 e. The molecule has 2 atom stereocenters. The number of allylic oxidation sites excluding steroid dienone is 1. The molecule has 0 amide bonds. The Kier molecular flexibility index (Phi) is 4.48. The highest BCUT2D eigenvalue weighted by atomic mass is 19.1. The van der Waals surface area contributed by atoms with Crippen LogP contribution in [-0.2, 0) is 9.57 Å². The van der Waals surface area contributed by atoms with Gasteiger partial charge < -0.3 is 9.57 Å². The molecule has 2 heterocycles. The number of oxime groups is 1. The molecule has 6 heteroatoms. The first-order chi connectivity index (χ1) is 12.2. The van der Waals surface area contributed by atoms with Gasteiger partial charge >= 0.3 is 0 Å². The summed E-state index contributed by atoms with van der Waals surface area (Å²) in [6.45, 7) is 1.61. The maximum Gasteiger partial charge on any atom is 0.243 e. The summed E-state index contributed by atoms with van der Waals surface area (Å²) in [6.07, 6.45) is 9.49. The Balaban J connectivity index is 1.72. The zero-order valence-corrected chi connectivity index (χ0v) is 14.5. The molecule has 0 bridgehead atoms. The molecule has 5 nitrogen and oxygen atoms in total. The monoisotopic (exact) mass is 345 g/mol. The van der Waals surface area contributed by atoms with Gasteiger partial charge in [-0.15, -0.1) is 0 Å².